The van der Waals surface area contributed by atoms with Crippen LogP contribution in [0.2, 0.25) is 0 Å². The molecule has 0 spiro atoms. The predicted molar refractivity (Wildman–Crippen MR) is 150 cm³/mol. The number of carbonyl (C=O) groups excluding carboxylic acids is 1. The molecule has 0 saturated heterocycles. The number of aromatic nitrogens is 3. The molecule has 0 radical (unpaired) electrons. The highest BCUT2D eigenvalue weighted by Gasteiger charge is 2.28. The van der Waals surface area contributed by atoms with Crippen molar-refractivity contribution in [1.29, 1.82) is 0 Å². The maximum absolute atomic E-state index is 13.5. The van der Waals surface area contributed by atoms with Crippen LogP contribution in [0.5, 0.6) is 0 Å². The zero-order valence-corrected chi connectivity index (χ0v) is 23.4. The summed E-state index contributed by atoms with van der Waals surface area (Å²) in [5.41, 5.74) is 4.30. The minimum Gasteiger partial charge on any atom is -0.478 e. The van der Waals surface area contributed by atoms with E-state index < -0.39 is 17.5 Å². The molecule has 3 heterocycles. The number of benzene rings is 1. The van der Waals surface area contributed by atoms with E-state index in [4.69, 9.17) is 14.8 Å². The number of carboxylic acid groups (broad SMARTS) is 1. The molecule has 2 aromatic heterocycles. The summed E-state index contributed by atoms with van der Waals surface area (Å²) in [6.07, 6.45) is 8.88. The largest absolute Gasteiger partial charge is 0.478 e. The van der Waals surface area contributed by atoms with Crippen LogP contribution in [0.3, 0.4) is 0 Å². The Morgan fingerprint density at radius 1 is 1.08 bits per heavy atom. The lowest BCUT2D eigenvalue weighted by Crippen LogP contribution is -2.33. The Hall–Kier alpha value is -3.68. The Balaban J connectivity index is 1.49. The summed E-state index contributed by atoms with van der Waals surface area (Å²) in [4.78, 5) is 32.2. The van der Waals surface area contributed by atoms with Gasteiger partial charge < -0.3 is 14.7 Å². The SMILES string of the molecule is Cc1c(-c2ccc(N3CCc4cccc(C(=O)O)c4C3)nc2C(=O)OC(C)(C)C)cnn1CC1CCCCC1. The number of ether oxygens (including phenoxy) is 1. The highest BCUT2D eigenvalue weighted by Crippen LogP contribution is 2.33. The summed E-state index contributed by atoms with van der Waals surface area (Å²) in [5, 5.41) is 14.4. The Morgan fingerprint density at radius 2 is 1.85 bits per heavy atom. The van der Waals surface area contributed by atoms with Crippen LogP contribution in [-0.2, 0) is 24.2 Å². The van der Waals surface area contributed by atoms with Gasteiger partial charge in [-0.15, -0.1) is 0 Å². The van der Waals surface area contributed by atoms with Crippen molar-refractivity contribution in [3.05, 3.63) is 64.6 Å². The molecule has 39 heavy (non-hydrogen) atoms. The highest BCUT2D eigenvalue weighted by atomic mass is 16.6. The molecule has 8 heteroatoms. The number of nitrogens with zero attached hydrogens (tertiary/aromatic N) is 4. The quantitative estimate of drug-likeness (QED) is 0.388. The van der Waals surface area contributed by atoms with Gasteiger partial charge in [0.1, 0.15) is 11.4 Å². The van der Waals surface area contributed by atoms with E-state index in [9.17, 15) is 14.7 Å². The summed E-state index contributed by atoms with van der Waals surface area (Å²) in [6.45, 7) is 9.56. The molecular weight excluding hydrogens is 492 g/mol. The lowest BCUT2D eigenvalue weighted by Gasteiger charge is -2.31. The summed E-state index contributed by atoms with van der Waals surface area (Å²) in [6, 6.07) is 9.25. The third kappa shape index (κ3) is 5.84. The third-order valence-corrected chi connectivity index (χ3v) is 7.85. The fourth-order valence-electron chi connectivity index (χ4n) is 5.81. The lowest BCUT2D eigenvalue weighted by molar-refractivity contribution is 0.00637. The number of carboxylic acids is 1. The van der Waals surface area contributed by atoms with Crippen LogP contribution >= 0.6 is 0 Å². The minimum absolute atomic E-state index is 0.250. The molecule has 0 atom stereocenters. The number of hydrogen-bond donors (Lipinski definition) is 1. The van der Waals surface area contributed by atoms with Crippen molar-refractivity contribution in [1.82, 2.24) is 14.8 Å². The number of pyridine rings is 1. The first-order valence-electron chi connectivity index (χ1n) is 14.0. The first-order chi connectivity index (χ1) is 18.6. The molecule has 0 bridgehead atoms. The van der Waals surface area contributed by atoms with Gasteiger partial charge in [-0.1, -0.05) is 31.4 Å². The Morgan fingerprint density at radius 3 is 2.56 bits per heavy atom. The van der Waals surface area contributed by atoms with Crippen LogP contribution in [-0.4, -0.2) is 44.0 Å². The van der Waals surface area contributed by atoms with Gasteiger partial charge in [-0.3, -0.25) is 4.68 Å². The summed E-state index contributed by atoms with van der Waals surface area (Å²) < 4.78 is 7.84. The van der Waals surface area contributed by atoms with Gasteiger partial charge in [0.15, 0.2) is 5.69 Å². The fraction of sp³-hybridized carbons (Fsp3) is 0.484. The van der Waals surface area contributed by atoms with Crippen molar-refractivity contribution in [3.8, 4) is 11.1 Å². The number of hydrogen-bond acceptors (Lipinski definition) is 6. The van der Waals surface area contributed by atoms with Crippen molar-refractivity contribution < 1.29 is 19.4 Å². The van der Waals surface area contributed by atoms with Crippen molar-refractivity contribution in [2.45, 2.75) is 84.9 Å². The normalized spacial score (nSPS) is 16.2. The zero-order chi connectivity index (χ0) is 27.7. The minimum atomic E-state index is -0.938. The van der Waals surface area contributed by atoms with E-state index in [1.54, 1.807) is 12.1 Å². The van der Waals surface area contributed by atoms with E-state index in [1.165, 1.54) is 32.1 Å². The van der Waals surface area contributed by atoms with E-state index >= 15 is 0 Å². The monoisotopic (exact) mass is 530 g/mol. The van der Waals surface area contributed by atoms with Crippen LogP contribution in [0.25, 0.3) is 11.1 Å². The Labute approximate surface area is 230 Å². The molecule has 0 amide bonds. The van der Waals surface area contributed by atoms with Gasteiger partial charge in [0.05, 0.1) is 11.8 Å². The molecule has 1 fully saturated rings. The first-order valence-corrected chi connectivity index (χ1v) is 14.0. The van der Waals surface area contributed by atoms with Crippen molar-refractivity contribution in [3.63, 3.8) is 0 Å². The van der Waals surface area contributed by atoms with Crippen LogP contribution in [0.4, 0.5) is 5.82 Å². The highest BCUT2D eigenvalue weighted by molar-refractivity contribution is 5.96. The van der Waals surface area contributed by atoms with Crippen LogP contribution < -0.4 is 4.90 Å². The van der Waals surface area contributed by atoms with Gasteiger partial charge >= 0.3 is 11.9 Å². The molecule has 1 saturated carbocycles. The second-order valence-corrected chi connectivity index (χ2v) is 11.8. The van der Waals surface area contributed by atoms with Crippen molar-refractivity contribution in [2.75, 3.05) is 11.4 Å². The van der Waals surface area contributed by atoms with Crippen LogP contribution in [0.1, 0.15) is 90.5 Å². The summed E-state index contributed by atoms with van der Waals surface area (Å²) in [5.74, 6) is -0.166. The molecule has 0 unspecified atom stereocenters. The predicted octanol–water partition coefficient (Wildman–Crippen LogP) is 6.05. The number of anilines is 1. The van der Waals surface area contributed by atoms with E-state index in [2.05, 4.69) is 4.68 Å². The first kappa shape index (κ1) is 26.9. The molecule has 1 aliphatic carbocycles. The van der Waals surface area contributed by atoms with Gasteiger partial charge in [0.2, 0.25) is 0 Å². The Bertz CT molecular complexity index is 1380. The van der Waals surface area contributed by atoms with Crippen molar-refractivity contribution >= 4 is 17.8 Å². The molecule has 2 aliphatic rings. The van der Waals surface area contributed by atoms with Gasteiger partial charge in [-0.25, -0.2) is 14.6 Å². The summed E-state index contributed by atoms with van der Waals surface area (Å²) >= 11 is 0. The van der Waals surface area contributed by atoms with E-state index in [0.29, 0.717) is 42.4 Å². The van der Waals surface area contributed by atoms with Crippen LogP contribution in [0.15, 0.2) is 36.5 Å². The number of aromatic carboxylic acids is 1. The van der Waals surface area contributed by atoms with Gasteiger partial charge in [-0.2, -0.15) is 5.10 Å². The second kappa shape index (κ2) is 10.8. The van der Waals surface area contributed by atoms with Crippen molar-refractivity contribution in [2.24, 2.45) is 5.92 Å². The molecule has 206 valence electrons. The fourth-order valence-corrected chi connectivity index (χ4v) is 5.81. The van der Waals surface area contributed by atoms with E-state index in [1.807, 2.05) is 57.0 Å². The Kier molecular flexibility index (Phi) is 7.47. The zero-order valence-electron chi connectivity index (χ0n) is 23.4. The van der Waals surface area contributed by atoms with E-state index in [0.717, 1.165) is 28.9 Å². The number of rotatable bonds is 6. The molecular formula is C31H38N4O4. The average Bonchev–Trinajstić information content (AvgIpc) is 3.26. The third-order valence-electron chi connectivity index (χ3n) is 7.85. The lowest BCUT2D eigenvalue weighted by atomic mass is 9.89. The van der Waals surface area contributed by atoms with Crippen LogP contribution in [0, 0.1) is 12.8 Å². The molecule has 1 aromatic carbocycles. The topological polar surface area (TPSA) is 97.6 Å². The number of esters is 1. The smallest absolute Gasteiger partial charge is 0.358 e. The van der Waals surface area contributed by atoms with Gasteiger partial charge in [-0.05, 0) is 82.2 Å². The average molecular weight is 531 g/mol. The maximum atomic E-state index is 13.5. The number of carbonyl (C=O) groups is 2. The van der Waals surface area contributed by atoms with Gasteiger partial charge in [0.25, 0.3) is 0 Å². The summed E-state index contributed by atoms with van der Waals surface area (Å²) in [7, 11) is 0. The molecule has 1 aliphatic heterocycles. The standard InChI is InChI=1S/C31H38N4O4/c1-20-25(17-32-35(20)18-21-9-6-5-7-10-21)23-13-14-27(33-28(23)30(38)39-31(2,3)4)34-16-15-22-11-8-12-24(29(36)37)26(22)19-34/h8,11-14,17,21H,5-7,9-10,15-16,18-19H2,1-4H3,(H,36,37). The van der Waals surface area contributed by atoms with Gasteiger partial charge in [0, 0.05) is 36.5 Å². The number of fused-ring (bicyclic) bond motifs is 1. The molecule has 8 nitrogen and oxygen atoms in total. The molecule has 5 rings (SSSR count). The van der Waals surface area contributed by atoms with E-state index in [-0.39, 0.29) is 5.69 Å². The maximum Gasteiger partial charge on any atom is 0.358 e. The second-order valence-electron chi connectivity index (χ2n) is 11.8. The molecule has 3 aromatic rings. The molecule has 1 N–H and O–H groups in total.